The van der Waals surface area contributed by atoms with Crippen molar-refractivity contribution >= 4 is 45.5 Å². The minimum Gasteiger partial charge on any atom is -0.341 e. The second-order valence-electron chi connectivity index (χ2n) is 4.77. The van der Waals surface area contributed by atoms with E-state index in [1.807, 2.05) is 0 Å². The zero-order valence-electron chi connectivity index (χ0n) is 10.5. The number of nitrogens with zero attached hydrogens (tertiary/aromatic N) is 3. The van der Waals surface area contributed by atoms with Crippen LogP contribution in [0.2, 0.25) is 0 Å². The molecule has 1 aliphatic rings. The molecular formula is C10H10FN5O3S2. The number of aromatic amines is 2. The molecule has 2 aromatic heterocycles. The van der Waals surface area contributed by atoms with Gasteiger partial charge >= 0.3 is 10.2 Å². The zero-order chi connectivity index (χ0) is 15.2. The summed E-state index contributed by atoms with van der Waals surface area (Å²) in [4.78, 5) is 27.0. The summed E-state index contributed by atoms with van der Waals surface area (Å²) in [6, 6.07) is 0. The molecule has 0 aromatic carbocycles. The molecule has 3 heterocycles. The van der Waals surface area contributed by atoms with Gasteiger partial charge in [0, 0.05) is 18.9 Å². The summed E-state index contributed by atoms with van der Waals surface area (Å²) in [5, 5.41) is 0. The van der Waals surface area contributed by atoms with Gasteiger partial charge in [0.15, 0.2) is 10.3 Å². The lowest BCUT2D eigenvalue weighted by atomic mass is 10.1. The average Bonchev–Trinajstić information content (AvgIpc) is 2.93. The average molecular weight is 331 g/mol. The van der Waals surface area contributed by atoms with E-state index in [1.165, 1.54) is 11.2 Å². The van der Waals surface area contributed by atoms with E-state index in [2.05, 4.69) is 19.9 Å². The predicted molar refractivity (Wildman–Crippen MR) is 74.4 cm³/mol. The van der Waals surface area contributed by atoms with E-state index in [1.54, 1.807) is 0 Å². The summed E-state index contributed by atoms with van der Waals surface area (Å²) in [6.07, 6.45) is 1.39. The molecule has 1 amide bonds. The maximum atomic E-state index is 12.7. The van der Waals surface area contributed by atoms with Gasteiger partial charge in [-0.15, -0.1) is 3.89 Å². The summed E-state index contributed by atoms with van der Waals surface area (Å²) in [5.74, 6) is -1.44. The Morgan fingerprint density at radius 2 is 2.29 bits per heavy atom. The molecule has 21 heavy (non-hydrogen) atoms. The van der Waals surface area contributed by atoms with Crippen molar-refractivity contribution in [3.63, 3.8) is 0 Å². The SMILES string of the molecule is O=C1CC(CS(=O)(=O)F)CN1c1nc(=S)c2[nH]cnc2[nH]1. The standard InChI is InChI=1S/C10H10FN5O3S2/c11-21(18,19)3-5-1-6(17)16(2-5)10-14-8-7(9(20)15-10)12-4-13-8/h4-5H,1-3H2,(H2,12,13,14,15,20). The second kappa shape index (κ2) is 4.84. The van der Waals surface area contributed by atoms with Gasteiger partial charge in [-0.3, -0.25) is 9.69 Å². The van der Waals surface area contributed by atoms with Gasteiger partial charge in [0.1, 0.15) is 5.52 Å². The third-order valence-corrected chi connectivity index (χ3v) is 4.35. The van der Waals surface area contributed by atoms with Gasteiger partial charge in [-0.25, -0.2) is 9.97 Å². The molecule has 0 radical (unpaired) electrons. The van der Waals surface area contributed by atoms with Crippen LogP contribution in [0.1, 0.15) is 6.42 Å². The van der Waals surface area contributed by atoms with Gasteiger partial charge in [-0.1, -0.05) is 12.2 Å². The van der Waals surface area contributed by atoms with Crippen LogP contribution in [0, 0.1) is 10.6 Å². The molecule has 0 aliphatic carbocycles. The van der Waals surface area contributed by atoms with E-state index in [0.29, 0.717) is 11.2 Å². The smallest absolute Gasteiger partial charge is 0.302 e. The fourth-order valence-electron chi connectivity index (χ4n) is 2.35. The third kappa shape index (κ3) is 2.78. The number of nitrogens with one attached hydrogen (secondary N) is 2. The van der Waals surface area contributed by atoms with Crippen molar-refractivity contribution in [3.05, 3.63) is 11.0 Å². The van der Waals surface area contributed by atoms with Gasteiger partial charge < -0.3 is 9.97 Å². The number of halogens is 1. The van der Waals surface area contributed by atoms with Crippen molar-refractivity contribution in [1.29, 1.82) is 0 Å². The van der Waals surface area contributed by atoms with Gasteiger partial charge in [-0.05, 0) is 0 Å². The highest BCUT2D eigenvalue weighted by atomic mass is 32.3. The summed E-state index contributed by atoms with van der Waals surface area (Å²) in [7, 11) is -4.62. The molecule has 0 bridgehead atoms. The van der Waals surface area contributed by atoms with Crippen molar-refractivity contribution < 1.29 is 17.1 Å². The Balaban J connectivity index is 1.92. The first kappa shape index (κ1) is 14.1. The Bertz CT molecular complexity index is 874. The normalized spacial score (nSPS) is 19.6. The predicted octanol–water partition coefficient (Wildman–Crippen LogP) is 0.668. The number of hydrogen-bond acceptors (Lipinski definition) is 6. The molecule has 1 saturated heterocycles. The number of carbonyl (C=O) groups excluding carboxylic acids is 1. The first-order chi connectivity index (χ1) is 9.83. The van der Waals surface area contributed by atoms with Crippen LogP contribution in [-0.4, -0.2) is 46.6 Å². The quantitative estimate of drug-likeness (QED) is 0.631. The van der Waals surface area contributed by atoms with E-state index in [9.17, 15) is 17.1 Å². The maximum Gasteiger partial charge on any atom is 0.302 e. The molecule has 1 atom stereocenters. The number of H-pyrrole nitrogens is 2. The molecule has 3 rings (SSSR count). The Hall–Kier alpha value is -1.88. The van der Waals surface area contributed by atoms with Crippen molar-refractivity contribution in [2.75, 3.05) is 17.2 Å². The van der Waals surface area contributed by atoms with E-state index in [0.717, 1.165) is 0 Å². The summed E-state index contributed by atoms with van der Waals surface area (Å²) >= 11 is 5.09. The van der Waals surface area contributed by atoms with Crippen LogP contribution < -0.4 is 4.90 Å². The van der Waals surface area contributed by atoms with Crippen LogP contribution >= 0.6 is 12.2 Å². The minimum absolute atomic E-state index is 0.0516. The van der Waals surface area contributed by atoms with Crippen LogP contribution in [0.25, 0.3) is 11.2 Å². The number of anilines is 1. The Morgan fingerprint density at radius 1 is 1.52 bits per heavy atom. The molecule has 2 N–H and O–H groups in total. The number of imidazole rings is 1. The van der Waals surface area contributed by atoms with Gasteiger partial charge in [0.05, 0.1) is 12.1 Å². The first-order valence-corrected chi connectivity index (χ1v) is 7.95. The highest BCUT2D eigenvalue weighted by Gasteiger charge is 2.34. The van der Waals surface area contributed by atoms with E-state index in [4.69, 9.17) is 12.2 Å². The third-order valence-electron chi connectivity index (χ3n) is 3.19. The monoisotopic (exact) mass is 331 g/mol. The number of carbonyl (C=O) groups is 1. The zero-order valence-corrected chi connectivity index (χ0v) is 12.2. The van der Waals surface area contributed by atoms with E-state index in [-0.39, 0.29) is 29.5 Å². The molecule has 8 nitrogen and oxygen atoms in total. The largest absolute Gasteiger partial charge is 0.341 e. The highest BCUT2D eigenvalue weighted by Crippen LogP contribution is 2.24. The molecule has 1 fully saturated rings. The summed E-state index contributed by atoms with van der Waals surface area (Å²) < 4.78 is 34.3. The Morgan fingerprint density at radius 3 is 3.00 bits per heavy atom. The van der Waals surface area contributed by atoms with Crippen molar-refractivity contribution in [1.82, 2.24) is 19.9 Å². The molecular weight excluding hydrogens is 321 g/mol. The fraction of sp³-hybridized carbons (Fsp3) is 0.400. The van der Waals surface area contributed by atoms with Crippen LogP contribution in [0.5, 0.6) is 0 Å². The lowest BCUT2D eigenvalue weighted by molar-refractivity contribution is -0.117. The van der Waals surface area contributed by atoms with E-state index < -0.39 is 21.9 Å². The summed E-state index contributed by atoms with van der Waals surface area (Å²) in [5.41, 5.74) is 0.989. The van der Waals surface area contributed by atoms with Gasteiger partial charge in [-0.2, -0.15) is 8.42 Å². The van der Waals surface area contributed by atoms with Crippen LogP contribution in [0.4, 0.5) is 9.83 Å². The van der Waals surface area contributed by atoms with Crippen LogP contribution in [-0.2, 0) is 15.0 Å². The van der Waals surface area contributed by atoms with Crippen molar-refractivity contribution in [3.8, 4) is 0 Å². The number of hydrogen-bond donors (Lipinski definition) is 2. The summed E-state index contributed by atoms with van der Waals surface area (Å²) in [6.45, 7) is 0.0657. The minimum atomic E-state index is -4.62. The number of amides is 1. The lowest BCUT2D eigenvalue weighted by Crippen LogP contribution is -2.27. The maximum absolute atomic E-state index is 12.7. The van der Waals surface area contributed by atoms with Crippen LogP contribution in [0.3, 0.4) is 0 Å². The second-order valence-corrected chi connectivity index (χ2v) is 6.57. The number of fused-ring (bicyclic) bond motifs is 1. The van der Waals surface area contributed by atoms with Crippen molar-refractivity contribution in [2.45, 2.75) is 6.42 Å². The molecule has 1 unspecified atom stereocenters. The topological polar surface area (TPSA) is 112 Å². The number of rotatable bonds is 3. The fourth-order valence-corrected chi connectivity index (χ4v) is 3.37. The molecule has 1 aliphatic heterocycles. The Labute approximate surface area is 123 Å². The molecule has 112 valence electrons. The first-order valence-electron chi connectivity index (χ1n) is 5.99. The Kier molecular flexibility index (Phi) is 3.24. The van der Waals surface area contributed by atoms with E-state index >= 15 is 0 Å². The van der Waals surface area contributed by atoms with Crippen molar-refractivity contribution in [2.24, 2.45) is 5.92 Å². The molecule has 11 heteroatoms. The molecule has 2 aromatic rings. The molecule has 0 saturated carbocycles. The lowest BCUT2D eigenvalue weighted by Gasteiger charge is -2.14. The highest BCUT2D eigenvalue weighted by molar-refractivity contribution is 7.86. The van der Waals surface area contributed by atoms with Crippen LogP contribution in [0.15, 0.2) is 6.33 Å². The number of aromatic nitrogens is 4. The molecule has 0 spiro atoms. The van der Waals surface area contributed by atoms with Gasteiger partial charge in [0.25, 0.3) is 0 Å². The van der Waals surface area contributed by atoms with Gasteiger partial charge in [0.2, 0.25) is 11.9 Å².